The molecule has 17 heavy (non-hydrogen) atoms. The van der Waals surface area contributed by atoms with Crippen molar-refractivity contribution < 1.29 is 9.90 Å². The molecule has 0 bridgehead atoms. The first kappa shape index (κ1) is 11.2. The first-order chi connectivity index (χ1) is 8.08. The number of aromatic carboxylic acids is 1. The van der Waals surface area contributed by atoms with Crippen LogP contribution in [-0.4, -0.2) is 20.9 Å². The maximum absolute atomic E-state index is 11.6. The Kier molecular flexibility index (Phi) is 2.82. The molecule has 0 aliphatic carbocycles. The fraction of sp³-hybridized carbons (Fsp3) is 0.167. The largest absolute Gasteiger partial charge is 0.477 e. The summed E-state index contributed by atoms with van der Waals surface area (Å²) in [6.07, 6.45) is 1.21. The lowest BCUT2D eigenvalue weighted by molar-refractivity contribution is 0.0695. The summed E-state index contributed by atoms with van der Waals surface area (Å²) in [5, 5.41) is 11.4. The molecular weight excluding hydrogens is 220 g/mol. The van der Waals surface area contributed by atoms with Crippen molar-refractivity contribution in [3.05, 3.63) is 57.5 Å². The highest BCUT2D eigenvalue weighted by molar-refractivity contribution is 5.86. The van der Waals surface area contributed by atoms with E-state index in [4.69, 9.17) is 5.11 Å². The zero-order valence-electron chi connectivity index (χ0n) is 9.30. The number of benzene rings is 1. The minimum absolute atomic E-state index is 0.239. The Morgan fingerprint density at radius 2 is 2.00 bits per heavy atom. The van der Waals surface area contributed by atoms with Crippen LogP contribution in [0.15, 0.2) is 35.3 Å². The van der Waals surface area contributed by atoms with Crippen molar-refractivity contribution in [3.8, 4) is 0 Å². The van der Waals surface area contributed by atoms with Gasteiger partial charge in [-0.3, -0.25) is 4.79 Å². The van der Waals surface area contributed by atoms with Crippen molar-refractivity contribution in [2.24, 2.45) is 0 Å². The van der Waals surface area contributed by atoms with E-state index in [-0.39, 0.29) is 5.56 Å². The fourth-order valence-electron chi connectivity index (χ4n) is 1.55. The van der Waals surface area contributed by atoms with Crippen LogP contribution in [0.2, 0.25) is 0 Å². The van der Waals surface area contributed by atoms with Gasteiger partial charge in [0, 0.05) is 6.20 Å². The molecule has 0 atom stereocenters. The highest BCUT2D eigenvalue weighted by Gasteiger charge is 2.12. The molecule has 0 unspecified atom stereocenters. The second-order valence-electron chi connectivity index (χ2n) is 3.87. The van der Waals surface area contributed by atoms with Crippen molar-refractivity contribution in [1.82, 2.24) is 9.78 Å². The van der Waals surface area contributed by atoms with Gasteiger partial charge in [0.25, 0.3) is 5.56 Å². The van der Waals surface area contributed by atoms with E-state index in [0.29, 0.717) is 6.54 Å². The van der Waals surface area contributed by atoms with Gasteiger partial charge in [0.2, 0.25) is 0 Å². The highest BCUT2D eigenvalue weighted by atomic mass is 16.4. The third kappa shape index (κ3) is 2.28. The van der Waals surface area contributed by atoms with Gasteiger partial charge in [0.05, 0.1) is 6.54 Å². The van der Waals surface area contributed by atoms with E-state index in [9.17, 15) is 9.59 Å². The van der Waals surface area contributed by atoms with Crippen molar-refractivity contribution >= 4 is 5.97 Å². The number of rotatable bonds is 3. The summed E-state index contributed by atoms with van der Waals surface area (Å²) in [5.41, 5.74) is 1.32. The van der Waals surface area contributed by atoms with Crippen LogP contribution in [0.25, 0.3) is 0 Å². The standard InChI is InChI=1S/C12H12N2O3/c1-8-2-4-9(5-3-8)7-14-11(15)10(6-13-14)12(16)17/h2-6,13H,7H2,1H3,(H,16,17). The van der Waals surface area contributed by atoms with Crippen molar-refractivity contribution in [2.45, 2.75) is 13.5 Å². The molecule has 0 radical (unpaired) electrons. The predicted octanol–water partition coefficient (Wildman–Crippen LogP) is 1.23. The molecule has 1 aromatic carbocycles. The average molecular weight is 232 g/mol. The Labute approximate surface area is 97.3 Å². The van der Waals surface area contributed by atoms with Crippen LogP contribution >= 0.6 is 0 Å². The maximum atomic E-state index is 11.6. The van der Waals surface area contributed by atoms with Gasteiger partial charge in [-0.2, -0.15) is 0 Å². The summed E-state index contributed by atoms with van der Waals surface area (Å²) in [5.74, 6) is -1.21. The number of hydrogen-bond donors (Lipinski definition) is 2. The predicted molar refractivity (Wildman–Crippen MR) is 62.3 cm³/mol. The summed E-state index contributed by atoms with van der Waals surface area (Å²) in [6.45, 7) is 2.32. The lowest BCUT2D eigenvalue weighted by Crippen LogP contribution is -2.21. The monoisotopic (exact) mass is 232 g/mol. The molecule has 0 saturated heterocycles. The summed E-state index contributed by atoms with van der Waals surface area (Å²) in [7, 11) is 0. The van der Waals surface area contributed by atoms with Crippen LogP contribution in [0.4, 0.5) is 0 Å². The minimum atomic E-state index is -1.21. The van der Waals surface area contributed by atoms with Crippen LogP contribution in [-0.2, 0) is 6.54 Å². The van der Waals surface area contributed by atoms with Crippen LogP contribution in [0.3, 0.4) is 0 Å². The number of carboxylic acid groups (broad SMARTS) is 1. The van der Waals surface area contributed by atoms with Crippen LogP contribution in [0.1, 0.15) is 21.5 Å². The van der Waals surface area contributed by atoms with E-state index < -0.39 is 11.5 Å². The van der Waals surface area contributed by atoms with Crippen molar-refractivity contribution in [2.75, 3.05) is 0 Å². The third-order valence-corrected chi connectivity index (χ3v) is 2.53. The van der Waals surface area contributed by atoms with E-state index in [2.05, 4.69) is 5.10 Å². The summed E-state index contributed by atoms with van der Waals surface area (Å²) < 4.78 is 1.27. The first-order valence-electron chi connectivity index (χ1n) is 5.15. The molecule has 0 aliphatic rings. The number of carboxylic acids is 1. The molecule has 0 fully saturated rings. The maximum Gasteiger partial charge on any atom is 0.342 e. The van der Waals surface area contributed by atoms with E-state index in [0.717, 1.165) is 11.1 Å². The molecule has 0 aliphatic heterocycles. The average Bonchev–Trinajstić information content (AvgIpc) is 2.64. The van der Waals surface area contributed by atoms with E-state index in [1.54, 1.807) is 0 Å². The molecular formula is C12H12N2O3. The second kappa shape index (κ2) is 4.29. The molecule has 5 nitrogen and oxygen atoms in total. The molecule has 2 N–H and O–H groups in total. The first-order valence-corrected chi connectivity index (χ1v) is 5.15. The Balaban J connectivity index is 2.28. The third-order valence-electron chi connectivity index (χ3n) is 2.53. The van der Waals surface area contributed by atoms with Gasteiger partial charge < -0.3 is 10.2 Å². The molecule has 0 amide bonds. The number of aryl methyl sites for hydroxylation is 1. The molecule has 2 aromatic rings. The SMILES string of the molecule is Cc1ccc(Cn2[nH]cc(C(=O)O)c2=O)cc1. The number of aromatic nitrogens is 2. The van der Waals surface area contributed by atoms with Gasteiger partial charge >= 0.3 is 5.97 Å². The van der Waals surface area contributed by atoms with Gasteiger partial charge in [0.1, 0.15) is 5.56 Å². The summed E-state index contributed by atoms with van der Waals surface area (Å²) >= 11 is 0. The zero-order valence-corrected chi connectivity index (χ0v) is 9.30. The Morgan fingerprint density at radius 1 is 1.35 bits per heavy atom. The van der Waals surface area contributed by atoms with Gasteiger partial charge in [-0.15, -0.1) is 0 Å². The molecule has 0 saturated carbocycles. The topological polar surface area (TPSA) is 75.1 Å². The van der Waals surface area contributed by atoms with Gasteiger partial charge in [-0.05, 0) is 12.5 Å². The summed E-state index contributed by atoms with van der Waals surface area (Å²) in [6, 6.07) is 7.70. The Morgan fingerprint density at radius 3 is 2.53 bits per heavy atom. The Bertz CT molecular complexity index is 593. The highest BCUT2D eigenvalue weighted by Crippen LogP contribution is 2.04. The molecule has 1 heterocycles. The quantitative estimate of drug-likeness (QED) is 0.835. The zero-order chi connectivity index (χ0) is 12.4. The molecule has 2 rings (SSSR count). The number of carbonyl (C=O) groups is 1. The number of nitrogens with one attached hydrogen (secondary N) is 1. The normalized spacial score (nSPS) is 10.4. The minimum Gasteiger partial charge on any atom is -0.477 e. The van der Waals surface area contributed by atoms with E-state index >= 15 is 0 Å². The second-order valence-corrected chi connectivity index (χ2v) is 3.87. The number of hydrogen-bond acceptors (Lipinski definition) is 2. The van der Waals surface area contributed by atoms with Gasteiger partial charge in [-0.25, -0.2) is 9.48 Å². The van der Waals surface area contributed by atoms with Crippen LogP contribution < -0.4 is 5.56 Å². The van der Waals surface area contributed by atoms with E-state index in [1.165, 1.54) is 10.9 Å². The molecule has 88 valence electrons. The van der Waals surface area contributed by atoms with Crippen molar-refractivity contribution in [3.63, 3.8) is 0 Å². The molecule has 5 heteroatoms. The van der Waals surface area contributed by atoms with Gasteiger partial charge in [-0.1, -0.05) is 29.8 Å². The number of aromatic amines is 1. The fourth-order valence-corrected chi connectivity index (χ4v) is 1.55. The van der Waals surface area contributed by atoms with Gasteiger partial charge in [0.15, 0.2) is 0 Å². The van der Waals surface area contributed by atoms with Crippen molar-refractivity contribution in [1.29, 1.82) is 0 Å². The number of nitrogens with zero attached hydrogens (tertiary/aromatic N) is 1. The van der Waals surface area contributed by atoms with E-state index in [1.807, 2.05) is 31.2 Å². The van der Waals surface area contributed by atoms with Crippen LogP contribution in [0, 0.1) is 6.92 Å². The molecule has 0 spiro atoms. The lowest BCUT2D eigenvalue weighted by Gasteiger charge is -2.02. The van der Waals surface area contributed by atoms with Crippen LogP contribution in [0.5, 0.6) is 0 Å². The molecule has 1 aromatic heterocycles. The Hall–Kier alpha value is -2.30. The smallest absolute Gasteiger partial charge is 0.342 e. The summed E-state index contributed by atoms with van der Waals surface area (Å²) in [4.78, 5) is 22.3. The lowest BCUT2D eigenvalue weighted by atomic mass is 10.1. The number of H-pyrrole nitrogens is 1.